The minimum Gasteiger partial charge on any atom is -0.481 e. The Hall–Kier alpha value is -2.86. The van der Waals surface area contributed by atoms with Crippen LogP contribution in [0.4, 0.5) is 5.69 Å². The molecule has 0 aliphatic carbocycles. The van der Waals surface area contributed by atoms with E-state index in [9.17, 15) is 9.59 Å². The Bertz CT molecular complexity index is 802. The summed E-state index contributed by atoms with van der Waals surface area (Å²) in [6, 6.07) is 16.4. The van der Waals surface area contributed by atoms with Gasteiger partial charge in [0.15, 0.2) is 6.10 Å². The van der Waals surface area contributed by atoms with Crippen molar-refractivity contribution in [3.05, 3.63) is 60.2 Å². The molecule has 6 nitrogen and oxygen atoms in total. The molecule has 1 heterocycles. The van der Waals surface area contributed by atoms with E-state index in [4.69, 9.17) is 4.74 Å². The van der Waals surface area contributed by atoms with E-state index in [0.29, 0.717) is 23.4 Å². The molecular weight excluding hydrogens is 354 g/mol. The summed E-state index contributed by atoms with van der Waals surface area (Å²) in [4.78, 5) is 29.4. The van der Waals surface area contributed by atoms with Crippen molar-refractivity contribution < 1.29 is 14.3 Å². The first-order chi connectivity index (χ1) is 13.6. The van der Waals surface area contributed by atoms with E-state index in [1.165, 1.54) is 0 Å². The lowest BCUT2D eigenvalue weighted by Crippen LogP contribution is -2.47. The summed E-state index contributed by atoms with van der Waals surface area (Å²) >= 11 is 0. The molecule has 6 heteroatoms. The van der Waals surface area contributed by atoms with Crippen LogP contribution in [0.1, 0.15) is 23.7 Å². The number of benzene rings is 2. The van der Waals surface area contributed by atoms with Crippen molar-refractivity contribution in [2.24, 2.45) is 0 Å². The molecular formula is C22H27N3O3. The second-order valence-electron chi connectivity index (χ2n) is 6.99. The maximum atomic E-state index is 12.7. The summed E-state index contributed by atoms with van der Waals surface area (Å²) in [5.41, 5.74) is 1.18. The fourth-order valence-corrected chi connectivity index (χ4v) is 3.13. The SMILES string of the molecule is CCC(Oc1ccccc1)C(=O)Nc1cccc(C(=O)N2CCN(C)CC2)c1. The van der Waals surface area contributed by atoms with Crippen LogP contribution in [0.15, 0.2) is 54.6 Å². The molecule has 0 radical (unpaired) electrons. The van der Waals surface area contributed by atoms with Crippen LogP contribution in [0.5, 0.6) is 5.75 Å². The first-order valence-electron chi connectivity index (χ1n) is 9.67. The molecule has 0 spiro atoms. The monoisotopic (exact) mass is 381 g/mol. The van der Waals surface area contributed by atoms with Crippen LogP contribution >= 0.6 is 0 Å². The number of nitrogens with zero attached hydrogens (tertiary/aromatic N) is 2. The van der Waals surface area contributed by atoms with Crippen LogP contribution in [0.2, 0.25) is 0 Å². The number of hydrogen-bond donors (Lipinski definition) is 1. The van der Waals surface area contributed by atoms with Crippen molar-refractivity contribution in [3.63, 3.8) is 0 Å². The third kappa shape index (κ3) is 5.10. The van der Waals surface area contributed by atoms with Crippen molar-refractivity contribution >= 4 is 17.5 Å². The maximum Gasteiger partial charge on any atom is 0.265 e. The van der Waals surface area contributed by atoms with E-state index in [2.05, 4.69) is 17.3 Å². The summed E-state index contributed by atoms with van der Waals surface area (Å²) in [5.74, 6) is 0.427. The lowest BCUT2D eigenvalue weighted by Gasteiger charge is -2.32. The molecule has 0 aromatic heterocycles. The Morgan fingerprint density at radius 2 is 1.75 bits per heavy atom. The number of likely N-dealkylation sites (N-methyl/N-ethyl adjacent to an activating group) is 1. The van der Waals surface area contributed by atoms with Gasteiger partial charge in [0.05, 0.1) is 0 Å². The maximum absolute atomic E-state index is 12.7. The molecule has 0 bridgehead atoms. The van der Waals surface area contributed by atoms with Gasteiger partial charge in [-0.2, -0.15) is 0 Å². The number of carbonyl (C=O) groups excluding carboxylic acids is 2. The average Bonchev–Trinajstić information content (AvgIpc) is 2.73. The van der Waals surface area contributed by atoms with Crippen molar-refractivity contribution in [1.82, 2.24) is 9.80 Å². The average molecular weight is 381 g/mol. The zero-order valence-electron chi connectivity index (χ0n) is 16.4. The number of anilines is 1. The number of piperazine rings is 1. The zero-order chi connectivity index (χ0) is 19.9. The Balaban J connectivity index is 1.64. The number of carbonyl (C=O) groups is 2. The summed E-state index contributed by atoms with van der Waals surface area (Å²) < 4.78 is 5.79. The van der Waals surface area contributed by atoms with Crippen LogP contribution in [-0.4, -0.2) is 60.9 Å². The van der Waals surface area contributed by atoms with Gasteiger partial charge in [0.2, 0.25) is 0 Å². The second-order valence-corrected chi connectivity index (χ2v) is 6.99. The zero-order valence-corrected chi connectivity index (χ0v) is 16.4. The number of ether oxygens (including phenoxy) is 1. The second kappa shape index (κ2) is 9.37. The summed E-state index contributed by atoms with van der Waals surface area (Å²) in [6.45, 7) is 5.08. The molecule has 2 aromatic carbocycles. The van der Waals surface area contributed by atoms with Gasteiger partial charge in [-0.15, -0.1) is 0 Å². The molecule has 1 N–H and O–H groups in total. The number of amides is 2. The van der Waals surface area contributed by atoms with Gasteiger partial charge in [0, 0.05) is 37.4 Å². The van der Waals surface area contributed by atoms with Crippen LogP contribution in [0.25, 0.3) is 0 Å². The highest BCUT2D eigenvalue weighted by Gasteiger charge is 2.22. The molecule has 1 aliphatic rings. The normalized spacial score (nSPS) is 15.7. The Kier molecular flexibility index (Phi) is 6.66. The highest BCUT2D eigenvalue weighted by atomic mass is 16.5. The molecule has 1 aliphatic heterocycles. The van der Waals surface area contributed by atoms with E-state index in [-0.39, 0.29) is 11.8 Å². The third-order valence-corrected chi connectivity index (χ3v) is 4.85. The molecule has 3 rings (SSSR count). The van der Waals surface area contributed by atoms with Crippen molar-refractivity contribution in [2.45, 2.75) is 19.4 Å². The number of nitrogens with one attached hydrogen (secondary N) is 1. The van der Waals surface area contributed by atoms with Crippen molar-refractivity contribution in [3.8, 4) is 5.75 Å². The van der Waals surface area contributed by atoms with Gasteiger partial charge in [0.25, 0.3) is 11.8 Å². The van der Waals surface area contributed by atoms with E-state index in [1.54, 1.807) is 24.3 Å². The molecule has 2 aromatic rings. The molecule has 1 saturated heterocycles. The highest BCUT2D eigenvalue weighted by Crippen LogP contribution is 2.17. The van der Waals surface area contributed by atoms with E-state index in [0.717, 1.165) is 26.2 Å². The predicted octanol–water partition coefficient (Wildman–Crippen LogP) is 2.87. The van der Waals surface area contributed by atoms with Crippen LogP contribution in [0, 0.1) is 0 Å². The van der Waals surface area contributed by atoms with Gasteiger partial charge in [-0.3, -0.25) is 9.59 Å². The van der Waals surface area contributed by atoms with Crippen molar-refractivity contribution in [2.75, 3.05) is 38.5 Å². The van der Waals surface area contributed by atoms with Gasteiger partial charge in [-0.1, -0.05) is 31.2 Å². The number of para-hydroxylation sites is 1. The molecule has 2 amide bonds. The van der Waals surface area contributed by atoms with E-state index in [1.807, 2.05) is 42.2 Å². The standard InChI is InChI=1S/C22H27N3O3/c1-3-20(28-19-10-5-4-6-11-19)21(26)23-18-9-7-8-17(16-18)22(27)25-14-12-24(2)13-15-25/h4-11,16,20H,3,12-15H2,1-2H3,(H,23,26). The molecule has 1 atom stereocenters. The first-order valence-corrected chi connectivity index (χ1v) is 9.67. The van der Waals surface area contributed by atoms with Crippen LogP contribution in [0.3, 0.4) is 0 Å². The quantitative estimate of drug-likeness (QED) is 0.836. The molecule has 1 unspecified atom stereocenters. The lowest BCUT2D eigenvalue weighted by atomic mass is 10.1. The van der Waals surface area contributed by atoms with E-state index >= 15 is 0 Å². The van der Waals surface area contributed by atoms with Gasteiger partial charge in [-0.25, -0.2) is 0 Å². The third-order valence-electron chi connectivity index (χ3n) is 4.85. The molecule has 28 heavy (non-hydrogen) atoms. The molecule has 1 fully saturated rings. The topological polar surface area (TPSA) is 61.9 Å². The Morgan fingerprint density at radius 1 is 1.04 bits per heavy atom. The number of hydrogen-bond acceptors (Lipinski definition) is 4. The predicted molar refractivity (Wildman–Crippen MR) is 110 cm³/mol. The first kappa shape index (κ1) is 19.9. The Labute approximate surface area is 166 Å². The van der Waals surface area contributed by atoms with E-state index < -0.39 is 6.10 Å². The fourth-order valence-electron chi connectivity index (χ4n) is 3.13. The van der Waals surface area contributed by atoms with Gasteiger partial charge < -0.3 is 19.9 Å². The Morgan fingerprint density at radius 3 is 2.43 bits per heavy atom. The largest absolute Gasteiger partial charge is 0.481 e. The van der Waals surface area contributed by atoms with Gasteiger partial charge in [-0.05, 0) is 43.8 Å². The molecule has 148 valence electrons. The molecule has 0 saturated carbocycles. The fraction of sp³-hybridized carbons (Fsp3) is 0.364. The minimum atomic E-state index is -0.598. The van der Waals surface area contributed by atoms with Crippen molar-refractivity contribution in [1.29, 1.82) is 0 Å². The van der Waals surface area contributed by atoms with Crippen LogP contribution < -0.4 is 10.1 Å². The van der Waals surface area contributed by atoms with Gasteiger partial charge in [0.1, 0.15) is 5.75 Å². The summed E-state index contributed by atoms with van der Waals surface area (Å²) in [7, 11) is 2.06. The number of rotatable bonds is 6. The smallest absolute Gasteiger partial charge is 0.265 e. The minimum absolute atomic E-state index is 0.00299. The summed E-state index contributed by atoms with van der Waals surface area (Å²) in [6.07, 6.45) is -0.0555. The highest BCUT2D eigenvalue weighted by molar-refractivity contribution is 5.98. The van der Waals surface area contributed by atoms with Gasteiger partial charge >= 0.3 is 0 Å². The lowest BCUT2D eigenvalue weighted by molar-refractivity contribution is -0.122. The van der Waals surface area contributed by atoms with Crippen LogP contribution in [-0.2, 0) is 4.79 Å². The summed E-state index contributed by atoms with van der Waals surface area (Å²) in [5, 5.41) is 2.88.